The van der Waals surface area contributed by atoms with Crippen LogP contribution in [0.2, 0.25) is 0 Å². The first kappa shape index (κ1) is 21.0. The van der Waals surface area contributed by atoms with Gasteiger partial charge in [-0.1, -0.05) is 24.3 Å². The molecule has 1 heterocycles. The van der Waals surface area contributed by atoms with Crippen LogP contribution < -0.4 is 16.1 Å². The van der Waals surface area contributed by atoms with E-state index in [2.05, 4.69) is 10.6 Å². The topological polar surface area (TPSA) is 106 Å². The maximum Gasteiger partial charge on any atom is 0.326 e. The van der Waals surface area contributed by atoms with Crippen LogP contribution in [-0.4, -0.2) is 34.6 Å². The number of rotatable bonds is 5. The number of esters is 1. The summed E-state index contributed by atoms with van der Waals surface area (Å²) in [5, 5.41) is 5.63. The zero-order chi connectivity index (χ0) is 21.8. The molecule has 0 aliphatic carbocycles. The number of hydrogen-bond acceptors (Lipinski definition) is 5. The molecule has 0 fully saturated rings. The summed E-state index contributed by atoms with van der Waals surface area (Å²) in [5.41, 5.74) is 1.06. The zero-order valence-electron chi connectivity index (χ0n) is 17.0. The van der Waals surface area contributed by atoms with Crippen molar-refractivity contribution in [1.29, 1.82) is 0 Å². The minimum atomic E-state index is -1.16. The summed E-state index contributed by atoms with van der Waals surface area (Å²) in [4.78, 5) is 49.1. The van der Waals surface area contributed by atoms with E-state index in [1.807, 2.05) is 0 Å². The standard InChI is InChI=1S/C22H23N3O5/c1-13(2)23-22(29)24-21(28)14(3)30-19(26)12-25-17-10-6-4-8-15(17)20(27)16-9-5-7-11-18(16)25/h4-11,13-14H,12H2,1-3H3,(H2,23,24,28,29). The first-order chi connectivity index (χ1) is 14.3. The monoisotopic (exact) mass is 409 g/mol. The Morgan fingerprint density at radius 3 is 2.00 bits per heavy atom. The van der Waals surface area contributed by atoms with Gasteiger partial charge in [0.25, 0.3) is 5.91 Å². The number of nitrogens with zero attached hydrogens (tertiary/aromatic N) is 1. The third kappa shape index (κ3) is 4.48. The minimum Gasteiger partial charge on any atom is -0.451 e. The molecule has 0 aliphatic heterocycles. The van der Waals surface area contributed by atoms with Gasteiger partial charge in [0.15, 0.2) is 11.5 Å². The Bertz CT molecular complexity index is 1120. The van der Waals surface area contributed by atoms with Gasteiger partial charge in [-0.15, -0.1) is 0 Å². The molecule has 0 aliphatic rings. The van der Waals surface area contributed by atoms with E-state index in [1.165, 1.54) is 6.92 Å². The molecule has 30 heavy (non-hydrogen) atoms. The fourth-order valence-corrected chi connectivity index (χ4v) is 3.18. The molecule has 8 nitrogen and oxygen atoms in total. The van der Waals surface area contributed by atoms with Crippen LogP contribution in [0.25, 0.3) is 21.8 Å². The van der Waals surface area contributed by atoms with E-state index in [9.17, 15) is 19.2 Å². The molecule has 1 aromatic heterocycles. The maximum atomic E-state index is 12.8. The highest BCUT2D eigenvalue weighted by molar-refractivity contribution is 5.97. The molecule has 0 bridgehead atoms. The number of imide groups is 1. The lowest BCUT2D eigenvalue weighted by Crippen LogP contribution is -2.46. The smallest absolute Gasteiger partial charge is 0.326 e. The van der Waals surface area contributed by atoms with E-state index in [0.717, 1.165) is 0 Å². The van der Waals surface area contributed by atoms with Crippen LogP contribution in [0.5, 0.6) is 0 Å². The minimum absolute atomic E-state index is 0.116. The molecule has 8 heteroatoms. The van der Waals surface area contributed by atoms with Crippen LogP contribution in [0.15, 0.2) is 53.3 Å². The number of aromatic nitrogens is 1. The van der Waals surface area contributed by atoms with Gasteiger partial charge in [-0.25, -0.2) is 4.79 Å². The molecular formula is C22H23N3O5. The molecule has 0 saturated carbocycles. The molecule has 3 aromatic rings. The lowest BCUT2D eigenvalue weighted by atomic mass is 10.1. The number of pyridine rings is 1. The first-order valence-corrected chi connectivity index (χ1v) is 9.59. The molecule has 1 unspecified atom stereocenters. The molecule has 0 saturated heterocycles. The number of fused-ring (bicyclic) bond motifs is 2. The quantitative estimate of drug-likeness (QED) is 0.497. The van der Waals surface area contributed by atoms with Crippen molar-refractivity contribution in [3.8, 4) is 0 Å². The van der Waals surface area contributed by atoms with Gasteiger partial charge in [0.2, 0.25) is 0 Å². The van der Waals surface area contributed by atoms with E-state index in [0.29, 0.717) is 21.8 Å². The van der Waals surface area contributed by atoms with E-state index in [-0.39, 0.29) is 18.0 Å². The summed E-state index contributed by atoms with van der Waals surface area (Å²) in [5.74, 6) is -1.39. The van der Waals surface area contributed by atoms with Gasteiger partial charge in [-0.3, -0.25) is 19.7 Å². The van der Waals surface area contributed by atoms with Gasteiger partial charge in [0, 0.05) is 16.8 Å². The number of carbonyl (C=O) groups is 3. The molecule has 1 atom stereocenters. The van der Waals surface area contributed by atoms with Crippen molar-refractivity contribution in [1.82, 2.24) is 15.2 Å². The Kier molecular flexibility index (Phi) is 6.15. The van der Waals surface area contributed by atoms with Gasteiger partial charge in [-0.2, -0.15) is 0 Å². The van der Waals surface area contributed by atoms with Gasteiger partial charge in [-0.05, 0) is 45.0 Å². The molecule has 3 rings (SSSR count). The number of carbonyl (C=O) groups excluding carboxylic acids is 3. The van der Waals surface area contributed by atoms with Crippen LogP contribution >= 0.6 is 0 Å². The molecule has 0 spiro atoms. The lowest BCUT2D eigenvalue weighted by Gasteiger charge is -2.17. The Labute approximate surface area is 172 Å². The van der Waals surface area contributed by atoms with Crippen LogP contribution in [0.1, 0.15) is 20.8 Å². The van der Waals surface area contributed by atoms with Crippen molar-refractivity contribution in [3.63, 3.8) is 0 Å². The number of ether oxygens (including phenoxy) is 1. The predicted octanol–water partition coefficient (Wildman–Crippen LogP) is 2.32. The normalized spacial score (nSPS) is 12.0. The van der Waals surface area contributed by atoms with Crippen LogP contribution in [0.3, 0.4) is 0 Å². The predicted molar refractivity (Wildman–Crippen MR) is 113 cm³/mol. The second kappa shape index (κ2) is 8.77. The number of amides is 3. The number of hydrogen-bond donors (Lipinski definition) is 2. The number of nitrogens with one attached hydrogen (secondary N) is 2. The summed E-state index contributed by atoms with van der Waals surface area (Å²) in [6.45, 7) is 4.70. The summed E-state index contributed by atoms with van der Waals surface area (Å²) in [6, 6.07) is 13.2. The fraction of sp³-hybridized carbons (Fsp3) is 0.273. The van der Waals surface area contributed by atoms with Crippen molar-refractivity contribution in [2.45, 2.75) is 39.5 Å². The second-order valence-corrected chi connectivity index (χ2v) is 7.20. The Morgan fingerprint density at radius 2 is 1.47 bits per heavy atom. The largest absolute Gasteiger partial charge is 0.451 e. The van der Waals surface area contributed by atoms with Crippen LogP contribution in [0, 0.1) is 0 Å². The molecule has 156 valence electrons. The highest BCUT2D eigenvalue weighted by Crippen LogP contribution is 2.19. The third-order valence-corrected chi connectivity index (χ3v) is 4.50. The zero-order valence-corrected chi connectivity index (χ0v) is 17.0. The highest BCUT2D eigenvalue weighted by Gasteiger charge is 2.21. The second-order valence-electron chi connectivity index (χ2n) is 7.20. The molecule has 3 amide bonds. The van der Waals surface area contributed by atoms with E-state index in [1.54, 1.807) is 66.9 Å². The van der Waals surface area contributed by atoms with E-state index in [4.69, 9.17) is 4.74 Å². The Morgan fingerprint density at radius 1 is 0.933 bits per heavy atom. The van der Waals surface area contributed by atoms with Crippen molar-refractivity contribution in [2.24, 2.45) is 0 Å². The first-order valence-electron chi connectivity index (χ1n) is 9.59. The number of urea groups is 1. The highest BCUT2D eigenvalue weighted by atomic mass is 16.5. The third-order valence-electron chi connectivity index (χ3n) is 4.50. The summed E-state index contributed by atoms with van der Waals surface area (Å²) in [6.07, 6.45) is -1.16. The maximum absolute atomic E-state index is 12.8. The van der Waals surface area contributed by atoms with Gasteiger partial charge in [0.05, 0.1) is 11.0 Å². The van der Waals surface area contributed by atoms with Crippen molar-refractivity contribution >= 4 is 39.7 Å². The van der Waals surface area contributed by atoms with Crippen molar-refractivity contribution < 1.29 is 19.1 Å². The summed E-state index contributed by atoms with van der Waals surface area (Å²) in [7, 11) is 0. The Balaban J connectivity index is 1.83. The average molecular weight is 409 g/mol. The van der Waals surface area contributed by atoms with Crippen LogP contribution in [0.4, 0.5) is 4.79 Å². The van der Waals surface area contributed by atoms with Gasteiger partial charge >= 0.3 is 12.0 Å². The SMILES string of the molecule is CC(C)NC(=O)NC(=O)C(C)OC(=O)Cn1c2ccccc2c(=O)c2ccccc21. The number of para-hydroxylation sites is 2. The molecule has 2 aromatic carbocycles. The average Bonchev–Trinajstić information content (AvgIpc) is 2.70. The molecule has 2 N–H and O–H groups in total. The van der Waals surface area contributed by atoms with E-state index >= 15 is 0 Å². The summed E-state index contributed by atoms with van der Waals surface area (Å²) >= 11 is 0. The van der Waals surface area contributed by atoms with Gasteiger partial charge < -0.3 is 14.6 Å². The molecular weight excluding hydrogens is 386 g/mol. The van der Waals surface area contributed by atoms with Crippen LogP contribution in [-0.2, 0) is 20.9 Å². The fourth-order valence-electron chi connectivity index (χ4n) is 3.18. The summed E-state index contributed by atoms with van der Waals surface area (Å²) < 4.78 is 6.91. The lowest BCUT2D eigenvalue weighted by molar-refractivity contribution is -0.154. The number of benzene rings is 2. The Hall–Kier alpha value is -3.68. The molecule has 0 radical (unpaired) electrons. The van der Waals surface area contributed by atoms with Gasteiger partial charge in [0.1, 0.15) is 6.54 Å². The van der Waals surface area contributed by atoms with Crippen molar-refractivity contribution in [3.05, 3.63) is 58.8 Å². The van der Waals surface area contributed by atoms with E-state index < -0.39 is 24.0 Å². The van der Waals surface area contributed by atoms with Crippen molar-refractivity contribution in [2.75, 3.05) is 0 Å².